The molecule has 0 radical (unpaired) electrons. The summed E-state index contributed by atoms with van der Waals surface area (Å²) in [6, 6.07) is 4.27. The van der Waals surface area contributed by atoms with Crippen LogP contribution in [-0.2, 0) is 16.4 Å². The van der Waals surface area contributed by atoms with Crippen LogP contribution in [0.3, 0.4) is 0 Å². The Morgan fingerprint density at radius 2 is 2.12 bits per heavy atom. The van der Waals surface area contributed by atoms with Gasteiger partial charge in [-0.15, -0.1) is 11.3 Å². The third-order valence-corrected chi connectivity index (χ3v) is 6.84. The molecule has 1 aliphatic rings. The normalized spacial score (nSPS) is 18.7. The van der Waals surface area contributed by atoms with Crippen molar-refractivity contribution in [1.82, 2.24) is 14.9 Å². The second-order valence-corrected chi connectivity index (χ2v) is 10.1. The lowest BCUT2D eigenvalue weighted by Crippen LogP contribution is -2.44. The topological polar surface area (TPSA) is 73.8 Å². The second kappa shape index (κ2) is 10.3. The number of nitrogens with zero attached hydrogens (tertiary/aromatic N) is 2. The number of nitrogens with one attached hydrogen (secondary N) is 2. The van der Waals surface area contributed by atoms with Gasteiger partial charge in [-0.25, -0.2) is 12.7 Å². The molecule has 1 aliphatic heterocycles. The van der Waals surface area contributed by atoms with Crippen LogP contribution in [0, 0.1) is 11.8 Å². The number of thiophene rings is 1. The molecule has 0 bridgehead atoms. The minimum atomic E-state index is -3.05. The van der Waals surface area contributed by atoms with Gasteiger partial charge in [-0.05, 0) is 49.5 Å². The van der Waals surface area contributed by atoms with E-state index in [9.17, 15) is 8.42 Å². The van der Waals surface area contributed by atoms with Gasteiger partial charge in [0, 0.05) is 37.6 Å². The van der Waals surface area contributed by atoms with Crippen molar-refractivity contribution in [2.24, 2.45) is 16.8 Å². The van der Waals surface area contributed by atoms with Crippen LogP contribution in [-0.4, -0.2) is 57.7 Å². The first-order valence-corrected chi connectivity index (χ1v) is 12.1. The minimum Gasteiger partial charge on any atom is -0.357 e. The van der Waals surface area contributed by atoms with E-state index in [-0.39, 0.29) is 0 Å². The Hall–Kier alpha value is -1.12. The minimum absolute atomic E-state index is 0.486. The summed E-state index contributed by atoms with van der Waals surface area (Å²) >= 11 is 1.80. The Labute approximate surface area is 162 Å². The Bertz CT molecular complexity index is 651. The van der Waals surface area contributed by atoms with E-state index in [0.717, 1.165) is 44.9 Å². The van der Waals surface area contributed by atoms with Crippen LogP contribution >= 0.6 is 11.3 Å². The summed E-state index contributed by atoms with van der Waals surface area (Å²) in [5, 5.41) is 8.85. The summed E-state index contributed by atoms with van der Waals surface area (Å²) in [5.74, 6) is 1.85. The second-order valence-electron chi connectivity index (χ2n) is 7.09. The van der Waals surface area contributed by atoms with Crippen LogP contribution in [0.1, 0.15) is 31.6 Å². The van der Waals surface area contributed by atoms with Gasteiger partial charge in [0.2, 0.25) is 10.0 Å². The Kier molecular flexibility index (Phi) is 8.37. The largest absolute Gasteiger partial charge is 0.357 e. The van der Waals surface area contributed by atoms with Gasteiger partial charge in [0.05, 0.1) is 6.26 Å². The zero-order valence-corrected chi connectivity index (χ0v) is 17.7. The zero-order valence-electron chi connectivity index (χ0n) is 16.1. The molecule has 1 fully saturated rings. The molecule has 1 saturated heterocycles. The van der Waals surface area contributed by atoms with Gasteiger partial charge in [-0.3, -0.25) is 4.99 Å². The predicted molar refractivity (Wildman–Crippen MR) is 110 cm³/mol. The Morgan fingerprint density at radius 1 is 1.38 bits per heavy atom. The van der Waals surface area contributed by atoms with E-state index in [1.54, 1.807) is 15.6 Å². The van der Waals surface area contributed by atoms with Crippen LogP contribution < -0.4 is 10.6 Å². The van der Waals surface area contributed by atoms with Crippen LogP contribution in [0.15, 0.2) is 22.5 Å². The van der Waals surface area contributed by atoms with Crippen molar-refractivity contribution in [1.29, 1.82) is 0 Å². The Balaban J connectivity index is 1.77. The highest BCUT2D eigenvalue weighted by molar-refractivity contribution is 7.88. The van der Waals surface area contributed by atoms with Crippen LogP contribution in [0.2, 0.25) is 0 Å². The molecule has 1 aromatic heterocycles. The van der Waals surface area contributed by atoms with Crippen molar-refractivity contribution in [2.45, 2.75) is 33.1 Å². The van der Waals surface area contributed by atoms with Crippen LogP contribution in [0.5, 0.6) is 0 Å². The Morgan fingerprint density at radius 3 is 2.69 bits per heavy atom. The molecular weight excluding hydrogens is 368 g/mol. The molecular formula is C18H32N4O2S2. The van der Waals surface area contributed by atoms with Gasteiger partial charge in [-0.2, -0.15) is 0 Å². The van der Waals surface area contributed by atoms with E-state index in [1.807, 2.05) is 0 Å². The van der Waals surface area contributed by atoms with Crippen molar-refractivity contribution in [3.8, 4) is 0 Å². The fraction of sp³-hybridized carbons (Fsp3) is 0.722. The molecule has 1 atom stereocenters. The maximum atomic E-state index is 11.6. The third-order valence-electron chi connectivity index (χ3n) is 4.64. The third kappa shape index (κ3) is 7.25. The molecule has 2 rings (SSSR count). The number of aliphatic imine (C=N–C) groups is 1. The van der Waals surface area contributed by atoms with Gasteiger partial charge in [0.15, 0.2) is 5.96 Å². The van der Waals surface area contributed by atoms with Gasteiger partial charge < -0.3 is 10.6 Å². The van der Waals surface area contributed by atoms with E-state index in [0.29, 0.717) is 24.9 Å². The van der Waals surface area contributed by atoms with Crippen molar-refractivity contribution in [2.75, 3.05) is 39.0 Å². The van der Waals surface area contributed by atoms with Crippen molar-refractivity contribution in [3.63, 3.8) is 0 Å². The summed E-state index contributed by atoms with van der Waals surface area (Å²) in [6.07, 6.45) is 4.14. The maximum Gasteiger partial charge on any atom is 0.211 e. The average Bonchev–Trinajstić information content (AvgIpc) is 3.10. The SMILES string of the molecule is CCNC(=NCC(C)Cc1cccs1)NCC1CCN(S(C)(=O)=O)CC1. The highest BCUT2D eigenvalue weighted by Gasteiger charge is 2.24. The van der Waals surface area contributed by atoms with Gasteiger partial charge in [0.25, 0.3) is 0 Å². The van der Waals surface area contributed by atoms with Crippen molar-refractivity contribution >= 4 is 27.3 Å². The van der Waals surface area contributed by atoms with Crippen molar-refractivity contribution < 1.29 is 8.42 Å². The van der Waals surface area contributed by atoms with Gasteiger partial charge in [-0.1, -0.05) is 13.0 Å². The fourth-order valence-electron chi connectivity index (χ4n) is 3.11. The van der Waals surface area contributed by atoms with E-state index in [4.69, 9.17) is 4.99 Å². The van der Waals surface area contributed by atoms with Crippen LogP contribution in [0.25, 0.3) is 0 Å². The molecule has 26 heavy (non-hydrogen) atoms. The molecule has 1 aromatic rings. The summed E-state index contributed by atoms with van der Waals surface area (Å²) in [4.78, 5) is 6.13. The molecule has 2 heterocycles. The first kappa shape index (κ1) is 21.2. The molecule has 0 aliphatic carbocycles. The predicted octanol–water partition coefficient (Wildman–Crippen LogP) is 2.15. The molecule has 0 amide bonds. The highest BCUT2D eigenvalue weighted by Crippen LogP contribution is 2.18. The summed E-state index contributed by atoms with van der Waals surface area (Å²) in [6.45, 7) is 8.00. The quantitative estimate of drug-likeness (QED) is 0.518. The number of hydrogen-bond acceptors (Lipinski definition) is 4. The van der Waals surface area contributed by atoms with E-state index >= 15 is 0 Å². The molecule has 2 N–H and O–H groups in total. The van der Waals surface area contributed by atoms with E-state index < -0.39 is 10.0 Å². The fourth-order valence-corrected chi connectivity index (χ4v) is 4.86. The molecule has 8 heteroatoms. The number of hydrogen-bond donors (Lipinski definition) is 2. The van der Waals surface area contributed by atoms with Gasteiger partial charge >= 0.3 is 0 Å². The zero-order chi connectivity index (χ0) is 19.0. The summed E-state index contributed by atoms with van der Waals surface area (Å²) in [5.41, 5.74) is 0. The lowest BCUT2D eigenvalue weighted by molar-refractivity contribution is 0.275. The molecule has 148 valence electrons. The standard InChI is InChI=1S/C18H32N4O2S2/c1-4-19-18(20-13-15(2)12-17-6-5-11-25-17)21-14-16-7-9-22(10-8-16)26(3,23)24/h5-6,11,15-16H,4,7-10,12-14H2,1-3H3,(H2,19,20,21). The molecule has 6 nitrogen and oxygen atoms in total. The van der Waals surface area contributed by atoms with Gasteiger partial charge in [0.1, 0.15) is 0 Å². The van der Waals surface area contributed by atoms with E-state index in [2.05, 4.69) is 42.0 Å². The number of sulfonamides is 1. The molecule has 0 spiro atoms. The van der Waals surface area contributed by atoms with Crippen LogP contribution in [0.4, 0.5) is 0 Å². The monoisotopic (exact) mass is 400 g/mol. The lowest BCUT2D eigenvalue weighted by Gasteiger charge is -2.30. The van der Waals surface area contributed by atoms with Crippen molar-refractivity contribution in [3.05, 3.63) is 22.4 Å². The highest BCUT2D eigenvalue weighted by atomic mass is 32.2. The number of rotatable bonds is 8. The summed E-state index contributed by atoms with van der Waals surface area (Å²) < 4.78 is 24.8. The average molecular weight is 401 g/mol. The molecule has 0 saturated carbocycles. The molecule has 0 aromatic carbocycles. The molecule has 1 unspecified atom stereocenters. The first-order valence-electron chi connectivity index (χ1n) is 9.38. The number of guanidine groups is 1. The maximum absolute atomic E-state index is 11.6. The van der Waals surface area contributed by atoms with E-state index in [1.165, 1.54) is 11.1 Å². The number of piperidine rings is 1. The lowest BCUT2D eigenvalue weighted by atomic mass is 9.98. The summed E-state index contributed by atoms with van der Waals surface area (Å²) in [7, 11) is -3.05. The smallest absolute Gasteiger partial charge is 0.211 e. The first-order chi connectivity index (χ1) is 12.4.